The Kier molecular flexibility index (Phi) is 5.65. The number of nitrogens with zero attached hydrogens (tertiary/aromatic N) is 3. The van der Waals surface area contributed by atoms with E-state index in [1.54, 1.807) is 4.90 Å². The van der Waals surface area contributed by atoms with Crippen LogP contribution >= 0.6 is 0 Å². The number of rotatable bonds is 5. The van der Waals surface area contributed by atoms with E-state index in [1.165, 1.54) is 0 Å². The van der Waals surface area contributed by atoms with Crippen molar-refractivity contribution in [1.82, 2.24) is 14.9 Å². The van der Waals surface area contributed by atoms with E-state index in [0.717, 1.165) is 35.4 Å². The number of anilines is 1. The number of carboxylic acids is 1. The highest BCUT2D eigenvalue weighted by atomic mass is 19.1. The molecule has 3 heterocycles. The van der Waals surface area contributed by atoms with Crippen LogP contribution in [0.2, 0.25) is 0 Å². The SMILES string of the molecule is CNC(C)(C)[C@@H]1CCN(c2nc3c(cc2F)c(=O)c(C(=O)O)cn3-c2ccc(F)cc2F)C1. The lowest BCUT2D eigenvalue weighted by Gasteiger charge is -2.31. The first-order valence-corrected chi connectivity index (χ1v) is 10.4. The summed E-state index contributed by atoms with van der Waals surface area (Å²) < 4.78 is 44.2. The van der Waals surface area contributed by atoms with E-state index in [-0.39, 0.29) is 34.0 Å². The molecule has 1 saturated heterocycles. The largest absolute Gasteiger partial charge is 0.477 e. The number of aromatic carboxylic acids is 1. The summed E-state index contributed by atoms with van der Waals surface area (Å²) in [4.78, 5) is 30.4. The van der Waals surface area contributed by atoms with E-state index >= 15 is 4.39 Å². The van der Waals surface area contributed by atoms with Gasteiger partial charge in [0.15, 0.2) is 17.3 Å². The molecular weight excluding hydrogens is 437 g/mol. The minimum absolute atomic E-state index is 0.0179. The molecule has 2 N–H and O–H groups in total. The number of carbonyl (C=O) groups is 1. The van der Waals surface area contributed by atoms with Gasteiger partial charge in [-0.1, -0.05) is 0 Å². The Balaban J connectivity index is 1.93. The van der Waals surface area contributed by atoms with E-state index in [1.807, 2.05) is 20.9 Å². The molecule has 1 aliphatic rings. The molecule has 7 nitrogen and oxygen atoms in total. The molecule has 0 radical (unpaired) electrons. The molecule has 4 rings (SSSR count). The summed E-state index contributed by atoms with van der Waals surface area (Å²) in [5, 5.41) is 12.4. The first-order chi connectivity index (χ1) is 15.5. The molecule has 0 unspecified atom stereocenters. The van der Waals surface area contributed by atoms with Crippen LogP contribution in [0, 0.1) is 23.4 Å². The van der Waals surface area contributed by atoms with Crippen LogP contribution in [-0.4, -0.2) is 46.3 Å². The number of nitrogens with one attached hydrogen (secondary N) is 1. The summed E-state index contributed by atoms with van der Waals surface area (Å²) in [6.07, 6.45) is 1.71. The molecule has 1 aromatic carbocycles. The molecule has 1 aliphatic heterocycles. The van der Waals surface area contributed by atoms with Gasteiger partial charge in [0.25, 0.3) is 0 Å². The maximum atomic E-state index is 15.1. The lowest BCUT2D eigenvalue weighted by molar-refractivity contribution is 0.0695. The Bertz CT molecular complexity index is 1320. The molecule has 33 heavy (non-hydrogen) atoms. The molecule has 10 heteroatoms. The van der Waals surface area contributed by atoms with E-state index in [4.69, 9.17) is 0 Å². The van der Waals surface area contributed by atoms with Crippen LogP contribution in [0.4, 0.5) is 19.0 Å². The molecule has 0 saturated carbocycles. The third-order valence-corrected chi connectivity index (χ3v) is 6.47. The fourth-order valence-corrected chi connectivity index (χ4v) is 4.19. The number of aromatic nitrogens is 2. The normalized spacial score (nSPS) is 16.5. The Morgan fingerprint density at radius 2 is 1.94 bits per heavy atom. The predicted octanol–water partition coefficient (Wildman–Crippen LogP) is 3.33. The predicted molar refractivity (Wildman–Crippen MR) is 118 cm³/mol. The fourth-order valence-electron chi connectivity index (χ4n) is 4.19. The van der Waals surface area contributed by atoms with E-state index in [0.29, 0.717) is 19.2 Å². The van der Waals surface area contributed by atoms with Crippen molar-refractivity contribution in [1.29, 1.82) is 0 Å². The summed E-state index contributed by atoms with van der Waals surface area (Å²) in [7, 11) is 1.85. The molecule has 1 fully saturated rings. The van der Waals surface area contributed by atoms with Crippen LogP contribution in [0.25, 0.3) is 16.7 Å². The van der Waals surface area contributed by atoms with Gasteiger partial charge in [0, 0.05) is 30.9 Å². The third-order valence-electron chi connectivity index (χ3n) is 6.47. The quantitative estimate of drug-likeness (QED) is 0.608. The maximum Gasteiger partial charge on any atom is 0.341 e. The molecule has 0 spiro atoms. The van der Waals surface area contributed by atoms with Crippen molar-refractivity contribution in [3.8, 4) is 5.69 Å². The number of pyridine rings is 2. The smallest absolute Gasteiger partial charge is 0.341 e. The molecule has 2 aromatic heterocycles. The topological polar surface area (TPSA) is 87.5 Å². The fraction of sp³-hybridized carbons (Fsp3) is 0.348. The number of hydrogen-bond acceptors (Lipinski definition) is 5. The first-order valence-electron chi connectivity index (χ1n) is 10.4. The average Bonchev–Trinajstić information content (AvgIpc) is 3.25. The van der Waals surface area contributed by atoms with Crippen molar-refractivity contribution in [2.45, 2.75) is 25.8 Å². The van der Waals surface area contributed by atoms with Crippen LogP contribution < -0.4 is 15.6 Å². The van der Waals surface area contributed by atoms with E-state index in [9.17, 15) is 23.5 Å². The van der Waals surface area contributed by atoms with Gasteiger partial charge in [-0.05, 0) is 51.4 Å². The second kappa shape index (κ2) is 8.18. The van der Waals surface area contributed by atoms with Gasteiger partial charge < -0.3 is 15.3 Å². The van der Waals surface area contributed by atoms with Crippen LogP contribution in [0.15, 0.2) is 35.3 Å². The van der Waals surface area contributed by atoms with Gasteiger partial charge in [-0.15, -0.1) is 0 Å². The van der Waals surface area contributed by atoms with Gasteiger partial charge in [-0.3, -0.25) is 9.36 Å². The van der Waals surface area contributed by atoms with Crippen LogP contribution in [0.1, 0.15) is 30.6 Å². The van der Waals surface area contributed by atoms with Gasteiger partial charge in [-0.25, -0.2) is 22.9 Å². The lowest BCUT2D eigenvalue weighted by Crippen LogP contribution is -2.45. The molecule has 1 atom stereocenters. The minimum Gasteiger partial charge on any atom is -0.477 e. The second-order valence-electron chi connectivity index (χ2n) is 8.71. The zero-order valence-corrected chi connectivity index (χ0v) is 18.3. The van der Waals surface area contributed by atoms with Gasteiger partial charge in [0.2, 0.25) is 5.43 Å². The van der Waals surface area contributed by atoms with Gasteiger partial charge in [0.1, 0.15) is 17.2 Å². The number of benzene rings is 1. The standard InChI is InChI=1S/C23H23F3N4O3/c1-23(2,27-3)12-6-7-29(10-12)21-17(26)9-14-19(31)15(22(32)33)11-30(20(14)28-21)18-5-4-13(24)8-16(18)25/h4-5,8-9,11-12,27H,6-7,10H2,1-3H3,(H,32,33)/t12-/m1/s1. The Hall–Kier alpha value is -3.40. The van der Waals surface area contributed by atoms with Gasteiger partial charge in [-0.2, -0.15) is 0 Å². The zero-order chi connectivity index (χ0) is 24.1. The Morgan fingerprint density at radius 1 is 1.21 bits per heavy atom. The van der Waals surface area contributed by atoms with Crippen molar-refractivity contribution in [3.63, 3.8) is 0 Å². The van der Waals surface area contributed by atoms with Crippen LogP contribution in [0.5, 0.6) is 0 Å². The van der Waals surface area contributed by atoms with E-state index in [2.05, 4.69) is 10.3 Å². The highest BCUT2D eigenvalue weighted by Crippen LogP contribution is 2.32. The van der Waals surface area contributed by atoms with Crippen molar-refractivity contribution in [2.75, 3.05) is 25.0 Å². The summed E-state index contributed by atoms with van der Waals surface area (Å²) in [5.74, 6) is -3.97. The number of halogens is 3. The van der Waals surface area contributed by atoms with Crippen molar-refractivity contribution in [2.24, 2.45) is 5.92 Å². The minimum atomic E-state index is -1.56. The summed E-state index contributed by atoms with van der Waals surface area (Å²) in [6.45, 7) is 5.13. The monoisotopic (exact) mass is 460 g/mol. The summed E-state index contributed by atoms with van der Waals surface area (Å²) in [5.41, 5.74) is -2.16. The molecule has 0 amide bonds. The van der Waals surface area contributed by atoms with Gasteiger partial charge in [0.05, 0.1) is 11.1 Å². The summed E-state index contributed by atoms with van der Waals surface area (Å²) >= 11 is 0. The van der Waals surface area contributed by atoms with Crippen LogP contribution in [0.3, 0.4) is 0 Å². The Morgan fingerprint density at radius 3 is 2.58 bits per heavy atom. The maximum absolute atomic E-state index is 15.1. The average molecular weight is 460 g/mol. The first kappa shape index (κ1) is 22.8. The third kappa shape index (κ3) is 3.95. The van der Waals surface area contributed by atoms with E-state index < -0.39 is 34.4 Å². The lowest BCUT2D eigenvalue weighted by atomic mass is 9.87. The second-order valence-corrected chi connectivity index (χ2v) is 8.71. The Labute approximate surface area is 187 Å². The van der Waals surface area contributed by atoms with Crippen molar-refractivity contribution in [3.05, 3.63) is 63.7 Å². The van der Waals surface area contributed by atoms with Crippen molar-refractivity contribution >= 4 is 22.8 Å². The summed E-state index contributed by atoms with van der Waals surface area (Å²) in [6, 6.07) is 3.67. The van der Waals surface area contributed by atoms with Crippen LogP contribution in [-0.2, 0) is 0 Å². The number of fused-ring (bicyclic) bond motifs is 1. The van der Waals surface area contributed by atoms with Crippen molar-refractivity contribution < 1.29 is 23.1 Å². The molecule has 174 valence electrons. The van der Waals surface area contributed by atoms with Gasteiger partial charge >= 0.3 is 5.97 Å². The highest BCUT2D eigenvalue weighted by Gasteiger charge is 2.35. The molecule has 0 aliphatic carbocycles. The zero-order valence-electron chi connectivity index (χ0n) is 18.3. The number of hydrogen-bond donors (Lipinski definition) is 2. The molecular formula is C23H23F3N4O3. The number of carboxylic acid groups (broad SMARTS) is 1. The highest BCUT2D eigenvalue weighted by molar-refractivity contribution is 5.92. The molecule has 3 aromatic rings. The molecule has 0 bridgehead atoms.